The number of rotatable bonds is 5. The minimum atomic E-state index is 0.772. The second kappa shape index (κ2) is 6.88. The van der Waals surface area contributed by atoms with Crippen molar-refractivity contribution >= 4 is 11.6 Å². The summed E-state index contributed by atoms with van der Waals surface area (Å²) >= 11 is 5.53. The van der Waals surface area contributed by atoms with E-state index >= 15 is 0 Å². The topological polar surface area (TPSA) is 0 Å². The third-order valence-corrected chi connectivity index (χ3v) is 1.75. The van der Waals surface area contributed by atoms with Crippen molar-refractivity contribution in [2.24, 2.45) is 0 Å². The molecule has 1 heteroatoms. The quantitative estimate of drug-likeness (QED) is 0.326. The summed E-state index contributed by atoms with van der Waals surface area (Å²) < 4.78 is 0. The van der Waals surface area contributed by atoms with Gasteiger partial charge >= 0.3 is 0 Å². The zero-order valence-corrected chi connectivity index (χ0v) is 7.32. The predicted molar refractivity (Wildman–Crippen MR) is 48.5 cm³/mol. The van der Waals surface area contributed by atoms with Crippen LogP contribution in [0.15, 0.2) is 24.3 Å². The molecule has 0 heterocycles. The van der Waals surface area contributed by atoms with Gasteiger partial charge in [-0.3, -0.25) is 0 Å². The lowest BCUT2D eigenvalue weighted by Crippen LogP contribution is -1.80. The fraction of sp³-hybridized carbons (Fsp3) is 0.556. The summed E-state index contributed by atoms with van der Waals surface area (Å²) in [5.74, 6) is 0.772. The Morgan fingerprint density at radius 3 is 2.60 bits per heavy atom. The van der Waals surface area contributed by atoms with Crippen molar-refractivity contribution in [1.29, 1.82) is 0 Å². The summed E-state index contributed by atoms with van der Waals surface area (Å²) in [5, 5.41) is 0. The average molecular weight is 159 g/mol. The Bertz CT molecular complexity index is 114. The summed E-state index contributed by atoms with van der Waals surface area (Å²) in [4.78, 5) is 0. The first-order valence-corrected chi connectivity index (χ1v) is 4.22. The highest BCUT2D eigenvalue weighted by Crippen LogP contribution is 2.07. The Balaban J connectivity index is 3.36. The van der Waals surface area contributed by atoms with E-state index in [1.165, 1.54) is 12.0 Å². The molecule has 0 nitrogen and oxygen atoms in total. The second-order valence-electron chi connectivity index (χ2n) is 2.21. The van der Waals surface area contributed by atoms with Crippen LogP contribution >= 0.6 is 11.6 Å². The number of hydrogen-bond donors (Lipinski definition) is 0. The van der Waals surface area contributed by atoms with Crippen molar-refractivity contribution < 1.29 is 0 Å². The van der Waals surface area contributed by atoms with Gasteiger partial charge in [0.1, 0.15) is 0 Å². The second-order valence-corrected chi connectivity index (χ2v) is 2.59. The van der Waals surface area contributed by atoms with Crippen LogP contribution < -0.4 is 0 Å². The Hall–Kier alpha value is -0.230. The number of unbranched alkanes of at least 4 members (excludes halogenated alkanes) is 1. The number of allylic oxidation sites excluding steroid dienone is 3. The first kappa shape index (κ1) is 9.77. The van der Waals surface area contributed by atoms with Crippen LogP contribution in [0.3, 0.4) is 0 Å². The molecule has 0 unspecified atom stereocenters. The standard InChI is InChI=1S/C9H15Cl/c1-3-9(4-2)7-5-6-8-10/h3-4H,1,5-8H2,2H3. The molecular formula is C9H15Cl. The number of hydrogen-bond acceptors (Lipinski definition) is 0. The summed E-state index contributed by atoms with van der Waals surface area (Å²) in [7, 11) is 0. The summed E-state index contributed by atoms with van der Waals surface area (Å²) in [5.41, 5.74) is 1.32. The van der Waals surface area contributed by atoms with Crippen LogP contribution in [0.2, 0.25) is 0 Å². The SMILES string of the molecule is C=CC(=CC)CCCCCl. The van der Waals surface area contributed by atoms with E-state index < -0.39 is 0 Å². The molecule has 0 saturated carbocycles. The summed E-state index contributed by atoms with van der Waals surface area (Å²) in [6.07, 6.45) is 7.41. The lowest BCUT2D eigenvalue weighted by molar-refractivity contribution is 0.802. The van der Waals surface area contributed by atoms with Crippen LogP contribution in [-0.2, 0) is 0 Å². The van der Waals surface area contributed by atoms with Crippen molar-refractivity contribution in [3.05, 3.63) is 24.3 Å². The van der Waals surface area contributed by atoms with Crippen LogP contribution in [0.4, 0.5) is 0 Å². The van der Waals surface area contributed by atoms with Crippen molar-refractivity contribution in [2.45, 2.75) is 26.2 Å². The van der Waals surface area contributed by atoms with Gasteiger partial charge in [0.15, 0.2) is 0 Å². The maximum atomic E-state index is 5.53. The third-order valence-electron chi connectivity index (χ3n) is 1.48. The molecule has 0 aromatic rings. The van der Waals surface area contributed by atoms with Crippen LogP contribution in [-0.4, -0.2) is 5.88 Å². The van der Waals surface area contributed by atoms with Gasteiger partial charge in [-0.25, -0.2) is 0 Å². The smallest absolute Gasteiger partial charge is 0.0223 e. The van der Waals surface area contributed by atoms with Crippen molar-refractivity contribution in [1.82, 2.24) is 0 Å². The van der Waals surface area contributed by atoms with Crippen LogP contribution in [0.1, 0.15) is 26.2 Å². The van der Waals surface area contributed by atoms with Gasteiger partial charge in [-0.1, -0.05) is 24.3 Å². The van der Waals surface area contributed by atoms with Crippen molar-refractivity contribution in [3.63, 3.8) is 0 Å². The molecule has 0 rings (SSSR count). The maximum Gasteiger partial charge on any atom is 0.0223 e. The molecule has 0 amide bonds. The Labute approximate surface area is 68.6 Å². The van der Waals surface area contributed by atoms with E-state index in [0.29, 0.717) is 0 Å². The normalized spacial score (nSPS) is 11.6. The highest BCUT2D eigenvalue weighted by Gasteiger charge is 1.89. The molecule has 10 heavy (non-hydrogen) atoms. The molecule has 0 aliphatic heterocycles. The Morgan fingerprint density at radius 1 is 1.50 bits per heavy atom. The molecule has 0 saturated heterocycles. The van der Waals surface area contributed by atoms with E-state index in [0.717, 1.165) is 18.7 Å². The van der Waals surface area contributed by atoms with Crippen LogP contribution in [0.25, 0.3) is 0 Å². The molecule has 0 atom stereocenters. The average Bonchev–Trinajstić information content (AvgIpc) is 1.99. The molecule has 0 aromatic carbocycles. The predicted octanol–water partition coefficient (Wildman–Crippen LogP) is 3.53. The largest absolute Gasteiger partial charge is 0.127 e. The highest BCUT2D eigenvalue weighted by atomic mass is 35.5. The molecule has 0 radical (unpaired) electrons. The summed E-state index contributed by atoms with van der Waals surface area (Å²) in [6.45, 7) is 5.75. The van der Waals surface area contributed by atoms with E-state index in [4.69, 9.17) is 11.6 Å². The minimum Gasteiger partial charge on any atom is -0.127 e. The van der Waals surface area contributed by atoms with E-state index in [1.807, 2.05) is 13.0 Å². The van der Waals surface area contributed by atoms with E-state index in [9.17, 15) is 0 Å². The van der Waals surface area contributed by atoms with Gasteiger partial charge in [0, 0.05) is 5.88 Å². The van der Waals surface area contributed by atoms with Gasteiger partial charge in [0.05, 0.1) is 0 Å². The Kier molecular flexibility index (Phi) is 6.73. The molecule has 0 aliphatic carbocycles. The molecule has 0 bridgehead atoms. The fourth-order valence-corrected chi connectivity index (χ4v) is 0.977. The minimum absolute atomic E-state index is 0.772. The maximum absolute atomic E-state index is 5.53. The number of alkyl halides is 1. The van der Waals surface area contributed by atoms with Gasteiger partial charge in [0.25, 0.3) is 0 Å². The van der Waals surface area contributed by atoms with E-state index in [-0.39, 0.29) is 0 Å². The molecule has 0 aromatic heterocycles. The van der Waals surface area contributed by atoms with Gasteiger partial charge in [0.2, 0.25) is 0 Å². The molecule has 0 aliphatic rings. The highest BCUT2D eigenvalue weighted by molar-refractivity contribution is 6.17. The van der Waals surface area contributed by atoms with Gasteiger partial charge in [-0.15, -0.1) is 11.6 Å². The first-order valence-electron chi connectivity index (χ1n) is 3.68. The lowest BCUT2D eigenvalue weighted by atomic mass is 10.1. The van der Waals surface area contributed by atoms with Gasteiger partial charge in [-0.2, -0.15) is 0 Å². The van der Waals surface area contributed by atoms with E-state index in [1.54, 1.807) is 0 Å². The molecule has 0 spiro atoms. The first-order chi connectivity index (χ1) is 4.85. The lowest BCUT2D eigenvalue weighted by Gasteiger charge is -1.97. The summed E-state index contributed by atoms with van der Waals surface area (Å²) in [6, 6.07) is 0. The Morgan fingerprint density at radius 2 is 2.20 bits per heavy atom. The number of halogens is 1. The van der Waals surface area contributed by atoms with Gasteiger partial charge in [-0.05, 0) is 26.2 Å². The van der Waals surface area contributed by atoms with Crippen LogP contribution in [0, 0.1) is 0 Å². The molecule has 0 N–H and O–H groups in total. The molecule has 0 fully saturated rings. The van der Waals surface area contributed by atoms with Gasteiger partial charge < -0.3 is 0 Å². The van der Waals surface area contributed by atoms with Crippen molar-refractivity contribution in [2.75, 3.05) is 5.88 Å². The zero-order chi connectivity index (χ0) is 7.82. The fourth-order valence-electron chi connectivity index (χ4n) is 0.788. The molecular weight excluding hydrogens is 144 g/mol. The van der Waals surface area contributed by atoms with E-state index in [2.05, 4.69) is 12.7 Å². The van der Waals surface area contributed by atoms with Crippen molar-refractivity contribution in [3.8, 4) is 0 Å². The zero-order valence-electron chi connectivity index (χ0n) is 6.57. The van der Waals surface area contributed by atoms with Crippen LogP contribution in [0.5, 0.6) is 0 Å². The monoisotopic (exact) mass is 158 g/mol. The molecule has 58 valence electrons. The third kappa shape index (κ3) is 4.63.